The normalized spacial score (nSPS) is 19.5. The second-order valence-corrected chi connectivity index (χ2v) is 15.2. The van der Waals surface area contributed by atoms with E-state index in [1.54, 1.807) is 29.8 Å². The van der Waals surface area contributed by atoms with E-state index in [1.807, 2.05) is 32.7 Å². The molecule has 1 aliphatic heterocycles. The van der Waals surface area contributed by atoms with Gasteiger partial charge in [-0.25, -0.2) is 9.97 Å². The number of carbonyl (C=O) groups excluding carboxylic acids is 2. The number of fused-ring (bicyclic) bond motifs is 1. The highest BCUT2D eigenvalue weighted by Gasteiger charge is 2.42. The molecule has 2 amide bonds. The lowest BCUT2D eigenvalue weighted by atomic mass is 9.85. The van der Waals surface area contributed by atoms with E-state index < -0.39 is 23.4 Å². The van der Waals surface area contributed by atoms with Gasteiger partial charge >= 0.3 is 6.18 Å². The first-order chi connectivity index (χ1) is 22.4. The van der Waals surface area contributed by atoms with E-state index >= 15 is 0 Å². The van der Waals surface area contributed by atoms with Crippen LogP contribution in [0.25, 0.3) is 11.2 Å². The summed E-state index contributed by atoms with van der Waals surface area (Å²) >= 11 is 13.3. The van der Waals surface area contributed by atoms with Crippen LogP contribution in [-0.2, 0) is 23.1 Å². The predicted octanol–water partition coefficient (Wildman–Crippen LogP) is 7.00. The largest absolute Gasteiger partial charge is 0.391 e. The van der Waals surface area contributed by atoms with Gasteiger partial charge in [-0.15, -0.1) is 0 Å². The fourth-order valence-corrected chi connectivity index (χ4v) is 6.62. The van der Waals surface area contributed by atoms with Gasteiger partial charge in [0, 0.05) is 44.1 Å². The molecule has 15 heteroatoms. The van der Waals surface area contributed by atoms with Crippen molar-refractivity contribution in [3.8, 4) is 0 Å². The molecule has 2 aliphatic rings. The van der Waals surface area contributed by atoms with Crippen molar-refractivity contribution >= 4 is 63.6 Å². The fraction of sp³-hybridized carbons (Fsp3) is 0.576. The quantitative estimate of drug-likeness (QED) is 0.219. The highest BCUT2D eigenvalue weighted by molar-refractivity contribution is 6.39. The van der Waals surface area contributed by atoms with Crippen LogP contribution in [0, 0.1) is 16.7 Å². The Kier molecular flexibility index (Phi) is 10.2. The van der Waals surface area contributed by atoms with E-state index in [4.69, 9.17) is 37.9 Å². The monoisotopic (exact) mass is 711 g/mol. The third kappa shape index (κ3) is 7.78. The number of amides is 2. The fourth-order valence-electron chi connectivity index (χ4n) is 6.09. The van der Waals surface area contributed by atoms with Crippen molar-refractivity contribution in [2.45, 2.75) is 72.1 Å². The predicted molar refractivity (Wildman–Crippen MR) is 181 cm³/mol. The summed E-state index contributed by atoms with van der Waals surface area (Å²) in [7, 11) is 3.62. The average molecular weight is 713 g/mol. The van der Waals surface area contributed by atoms with Crippen LogP contribution in [0.3, 0.4) is 0 Å². The Bertz CT molecular complexity index is 1690. The summed E-state index contributed by atoms with van der Waals surface area (Å²) in [6.07, 6.45) is -3.80. The molecule has 2 fully saturated rings. The Morgan fingerprint density at radius 1 is 1.10 bits per heavy atom. The maximum Gasteiger partial charge on any atom is 0.391 e. The van der Waals surface area contributed by atoms with E-state index in [1.165, 1.54) is 0 Å². The smallest absolute Gasteiger partial charge is 0.380 e. The number of pyridine rings is 1. The summed E-state index contributed by atoms with van der Waals surface area (Å²) in [6.45, 7) is 9.46. The lowest BCUT2D eigenvalue weighted by Gasteiger charge is -2.41. The second kappa shape index (κ2) is 13.5. The number of hydrogen-bond acceptors (Lipinski definition) is 7. The van der Waals surface area contributed by atoms with Gasteiger partial charge in [0.15, 0.2) is 5.65 Å². The number of imidazole rings is 1. The molecule has 3 N–H and O–H groups in total. The topological polar surface area (TPSA) is 113 Å². The van der Waals surface area contributed by atoms with Crippen molar-refractivity contribution in [2.24, 2.45) is 23.8 Å². The zero-order valence-corrected chi connectivity index (χ0v) is 29.5. The van der Waals surface area contributed by atoms with Crippen LogP contribution >= 0.6 is 23.2 Å². The summed E-state index contributed by atoms with van der Waals surface area (Å²) < 4.78 is 46.9. The summed E-state index contributed by atoms with van der Waals surface area (Å²) in [4.78, 5) is 37.7. The van der Waals surface area contributed by atoms with Gasteiger partial charge in [0.2, 0.25) is 11.9 Å². The molecule has 5 rings (SSSR count). The van der Waals surface area contributed by atoms with Crippen LogP contribution in [0.5, 0.6) is 0 Å². The molecule has 0 atom stereocenters. The number of nitrogens with one attached hydrogen (secondary N) is 3. The van der Waals surface area contributed by atoms with Gasteiger partial charge in [-0.3, -0.25) is 14.2 Å². The third-order valence-corrected chi connectivity index (χ3v) is 9.75. The Labute approximate surface area is 288 Å². The van der Waals surface area contributed by atoms with Crippen LogP contribution in [0.2, 0.25) is 10.0 Å². The van der Waals surface area contributed by atoms with E-state index in [0.29, 0.717) is 64.0 Å². The standard InChI is InChI=1S/C33H42Cl2F3N7O3/c1-31(2,3)29(47)39-14-18-7-12-22(34)25(24(18)35)42-30-41-23-13-21(28(46)40-20-10-8-19(9-11-20)33(36,37)38)26(43-27(23)45(30)6)44(5)15-32(4)16-48-17-32/h7,12-13,19-20H,8-11,14-17H2,1-6H3,(H,39,47)(H,40,46)(H,41,42)/t19-,20-. The van der Waals surface area contributed by atoms with Gasteiger partial charge < -0.3 is 25.6 Å². The van der Waals surface area contributed by atoms with Gasteiger partial charge in [-0.05, 0) is 43.4 Å². The number of benzene rings is 1. The number of nitrogens with zero attached hydrogens (tertiary/aromatic N) is 4. The van der Waals surface area contributed by atoms with Crippen molar-refractivity contribution in [3.63, 3.8) is 0 Å². The zero-order valence-electron chi connectivity index (χ0n) is 27.9. The van der Waals surface area contributed by atoms with Crippen molar-refractivity contribution < 1.29 is 27.5 Å². The number of aryl methyl sites for hydroxylation is 1. The van der Waals surface area contributed by atoms with Gasteiger partial charge in [0.05, 0.1) is 40.4 Å². The molecule has 3 heterocycles. The first-order valence-corrected chi connectivity index (χ1v) is 16.7. The number of halogens is 5. The van der Waals surface area contributed by atoms with Crippen molar-refractivity contribution in [1.29, 1.82) is 0 Å². The second-order valence-electron chi connectivity index (χ2n) is 14.4. The molecular weight excluding hydrogens is 670 g/mol. The maximum absolute atomic E-state index is 13.8. The van der Waals surface area contributed by atoms with Gasteiger partial charge in [0.1, 0.15) is 11.3 Å². The number of alkyl halides is 3. The molecule has 1 saturated carbocycles. The van der Waals surface area contributed by atoms with Crippen LogP contribution < -0.4 is 20.9 Å². The molecule has 262 valence electrons. The lowest BCUT2D eigenvalue weighted by molar-refractivity contribution is -0.182. The first kappa shape index (κ1) is 36.0. The number of aromatic nitrogens is 3. The van der Waals surface area contributed by atoms with E-state index in [0.717, 1.165) is 0 Å². The van der Waals surface area contributed by atoms with Crippen molar-refractivity contribution in [2.75, 3.05) is 37.0 Å². The lowest BCUT2D eigenvalue weighted by Crippen LogP contribution is -2.48. The highest BCUT2D eigenvalue weighted by atomic mass is 35.5. The summed E-state index contributed by atoms with van der Waals surface area (Å²) in [6, 6.07) is 4.69. The van der Waals surface area contributed by atoms with Crippen LogP contribution in [0.15, 0.2) is 18.2 Å². The number of ether oxygens (including phenoxy) is 1. The Balaban J connectivity index is 1.44. The minimum absolute atomic E-state index is 0.0264. The van der Waals surface area contributed by atoms with Crippen LogP contribution in [0.1, 0.15) is 69.3 Å². The zero-order chi connectivity index (χ0) is 35.2. The molecule has 48 heavy (non-hydrogen) atoms. The summed E-state index contributed by atoms with van der Waals surface area (Å²) in [5, 5.41) is 9.70. The molecule has 10 nitrogen and oxygen atoms in total. The van der Waals surface area contributed by atoms with Gasteiger partial charge in [-0.2, -0.15) is 13.2 Å². The summed E-state index contributed by atoms with van der Waals surface area (Å²) in [5.41, 5.74) is 1.52. The minimum atomic E-state index is -4.23. The molecule has 1 aromatic carbocycles. The maximum atomic E-state index is 13.8. The molecule has 2 aromatic heterocycles. The Morgan fingerprint density at radius 2 is 1.77 bits per heavy atom. The average Bonchev–Trinajstić information content (AvgIpc) is 3.30. The van der Waals surface area contributed by atoms with Gasteiger partial charge in [0.25, 0.3) is 5.91 Å². The molecule has 1 aliphatic carbocycles. The van der Waals surface area contributed by atoms with Crippen molar-refractivity contribution in [1.82, 2.24) is 25.2 Å². The van der Waals surface area contributed by atoms with Crippen molar-refractivity contribution in [3.05, 3.63) is 39.4 Å². The molecule has 3 aromatic rings. The number of rotatable bonds is 9. The van der Waals surface area contributed by atoms with E-state index in [-0.39, 0.29) is 55.2 Å². The molecule has 0 bridgehead atoms. The molecule has 0 spiro atoms. The Hall–Kier alpha value is -3.29. The van der Waals surface area contributed by atoms with Crippen LogP contribution in [0.4, 0.5) is 30.6 Å². The van der Waals surface area contributed by atoms with E-state index in [2.05, 4.69) is 22.9 Å². The first-order valence-electron chi connectivity index (χ1n) is 15.9. The number of hydrogen-bond donors (Lipinski definition) is 3. The summed E-state index contributed by atoms with van der Waals surface area (Å²) in [5.74, 6) is -1.13. The molecule has 0 unspecified atom stereocenters. The minimum Gasteiger partial charge on any atom is -0.380 e. The molecule has 0 radical (unpaired) electrons. The van der Waals surface area contributed by atoms with Crippen LogP contribution in [-0.4, -0.2) is 65.4 Å². The molecular formula is C33H42Cl2F3N7O3. The number of carbonyl (C=O) groups is 2. The van der Waals surface area contributed by atoms with Gasteiger partial charge in [-0.1, -0.05) is 57.0 Å². The SMILES string of the molecule is CN(CC1(C)COC1)c1nc2c(cc1C(=O)N[C@H]1CC[C@H](C(F)(F)F)CC1)nc(Nc1c(Cl)ccc(CNC(=O)C(C)(C)C)c1Cl)n2C. The highest BCUT2D eigenvalue weighted by Crippen LogP contribution is 2.39. The number of anilines is 3. The Morgan fingerprint density at radius 3 is 2.35 bits per heavy atom. The molecule has 1 saturated heterocycles. The van der Waals surface area contributed by atoms with E-state index in [9.17, 15) is 22.8 Å². The third-order valence-electron chi connectivity index (χ3n) is 9.00.